The van der Waals surface area contributed by atoms with Crippen molar-refractivity contribution in [2.24, 2.45) is 0 Å². The molecular formula is C44H39Cl2N2SiZr. The van der Waals surface area contributed by atoms with Gasteiger partial charge in [-0.1, -0.05) is 0 Å². The molecule has 2 aliphatic carbocycles. The molecule has 6 heteroatoms. The minimum absolute atomic E-state index is 0.117. The number of aryl methyl sites for hydroxylation is 2. The van der Waals surface area contributed by atoms with Gasteiger partial charge in [-0.15, -0.1) is 0 Å². The summed E-state index contributed by atoms with van der Waals surface area (Å²) in [6.45, 7) is 9.31. The van der Waals surface area contributed by atoms with Crippen LogP contribution in [0.25, 0.3) is 45.8 Å². The summed E-state index contributed by atoms with van der Waals surface area (Å²) in [4.78, 5) is 9.64. The van der Waals surface area contributed by atoms with Crippen molar-refractivity contribution in [3.8, 4) is 22.5 Å². The first kappa shape index (κ1) is 33.5. The van der Waals surface area contributed by atoms with Crippen LogP contribution < -0.4 is 0 Å². The van der Waals surface area contributed by atoms with Gasteiger partial charge in [-0.2, -0.15) is 0 Å². The van der Waals surface area contributed by atoms with Crippen LogP contribution in [0.15, 0.2) is 134 Å². The first-order valence-corrected chi connectivity index (χ1v) is 33.7. The number of halogens is 2. The molecule has 0 saturated heterocycles. The van der Waals surface area contributed by atoms with Crippen molar-refractivity contribution < 1.29 is 15.6 Å². The molecule has 0 radical (unpaired) electrons. The maximum absolute atomic E-state index is 8.95. The Hall–Kier alpha value is -3.66. The minimum atomic E-state index is -5.24. The van der Waals surface area contributed by atoms with Gasteiger partial charge in [0.2, 0.25) is 0 Å². The van der Waals surface area contributed by atoms with Gasteiger partial charge in [0.1, 0.15) is 0 Å². The van der Waals surface area contributed by atoms with E-state index in [0.717, 1.165) is 22.5 Å². The van der Waals surface area contributed by atoms with Crippen molar-refractivity contribution in [3.05, 3.63) is 178 Å². The van der Waals surface area contributed by atoms with E-state index in [9.17, 15) is 0 Å². The molecule has 2 unspecified atom stereocenters. The molecule has 2 aromatic heterocycles. The number of aromatic nitrogens is 2. The van der Waals surface area contributed by atoms with Crippen LogP contribution in [-0.4, -0.2) is 15.9 Å². The van der Waals surface area contributed by atoms with Gasteiger partial charge < -0.3 is 0 Å². The Labute approximate surface area is 304 Å². The quantitative estimate of drug-likeness (QED) is 0.151. The van der Waals surface area contributed by atoms with E-state index in [0.29, 0.717) is 0 Å². The van der Waals surface area contributed by atoms with E-state index in [-0.39, 0.29) is 7.25 Å². The normalized spacial score (nSPS) is 17.5. The Morgan fingerprint density at radius 1 is 0.520 bits per heavy atom. The number of pyridine rings is 2. The van der Waals surface area contributed by atoms with Crippen LogP contribution in [0.1, 0.15) is 51.8 Å². The number of benzene rings is 4. The third kappa shape index (κ3) is 5.22. The predicted octanol–water partition coefficient (Wildman–Crippen LogP) is 12.3. The molecule has 4 aromatic carbocycles. The van der Waals surface area contributed by atoms with Crippen molar-refractivity contribution in [1.29, 1.82) is 0 Å². The van der Waals surface area contributed by atoms with E-state index in [1.165, 1.54) is 55.7 Å². The van der Waals surface area contributed by atoms with Crippen molar-refractivity contribution in [2.45, 2.75) is 34.2 Å². The Balaban J connectivity index is 1.47. The van der Waals surface area contributed by atoms with Gasteiger partial charge in [0.05, 0.1) is 0 Å². The van der Waals surface area contributed by atoms with Gasteiger partial charge in [-0.3, -0.25) is 0 Å². The third-order valence-electron chi connectivity index (χ3n) is 11.1. The maximum atomic E-state index is 8.95. The molecule has 50 heavy (non-hydrogen) atoms. The van der Waals surface area contributed by atoms with Crippen molar-refractivity contribution in [3.63, 3.8) is 0 Å². The molecule has 6 aromatic rings. The van der Waals surface area contributed by atoms with Gasteiger partial charge in [0.15, 0.2) is 0 Å². The second-order valence-electron chi connectivity index (χ2n) is 14.1. The molecule has 2 heterocycles. The van der Waals surface area contributed by atoms with Gasteiger partial charge in [0.25, 0.3) is 0 Å². The molecule has 0 fully saturated rings. The number of nitrogens with zero attached hydrogens (tertiary/aromatic N) is 2. The fourth-order valence-corrected chi connectivity index (χ4v) is 38.8. The van der Waals surface area contributed by atoms with Gasteiger partial charge in [-0.05, 0) is 0 Å². The van der Waals surface area contributed by atoms with Crippen molar-refractivity contribution in [1.82, 2.24) is 9.97 Å². The molecule has 0 N–H and O–H groups in total. The number of fused-ring (bicyclic) bond motifs is 2. The molecule has 0 saturated carbocycles. The second kappa shape index (κ2) is 12.8. The third-order valence-corrected chi connectivity index (χ3v) is 62.6. The summed E-state index contributed by atoms with van der Waals surface area (Å²) in [6.07, 6.45) is 8.55. The summed E-state index contributed by atoms with van der Waals surface area (Å²) in [5, 5.41) is 0. The first-order chi connectivity index (χ1) is 24.2. The predicted molar refractivity (Wildman–Crippen MR) is 214 cm³/mol. The van der Waals surface area contributed by atoms with E-state index < -0.39 is 21.5 Å². The van der Waals surface area contributed by atoms with Crippen LogP contribution in [0.2, 0.25) is 13.1 Å². The molecule has 2 atom stereocenters. The fraction of sp³-hybridized carbons (Fsp3) is 0.136. The topological polar surface area (TPSA) is 25.8 Å². The number of hydrogen-bond acceptors (Lipinski definition) is 2. The molecule has 2 aliphatic rings. The average molecular weight is 786 g/mol. The molecule has 247 valence electrons. The monoisotopic (exact) mass is 783 g/mol. The van der Waals surface area contributed by atoms with Crippen molar-refractivity contribution in [2.75, 3.05) is 0 Å². The zero-order valence-corrected chi connectivity index (χ0v) is 33.9. The van der Waals surface area contributed by atoms with E-state index in [4.69, 9.17) is 27.0 Å². The Kier molecular flexibility index (Phi) is 8.59. The van der Waals surface area contributed by atoms with E-state index in [1.54, 1.807) is 0 Å². The van der Waals surface area contributed by atoms with E-state index in [2.05, 4.69) is 148 Å². The molecule has 0 amide bonds. The molecule has 0 spiro atoms. The van der Waals surface area contributed by atoms with Crippen LogP contribution in [0.3, 0.4) is 0 Å². The first-order valence-electron chi connectivity index (χ1n) is 17.4. The summed E-state index contributed by atoms with van der Waals surface area (Å²) in [5.41, 5.74) is 16.4. The van der Waals surface area contributed by atoms with Crippen LogP contribution in [0.5, 0.6) is 0 Å². The number of allylic oxidation sites excluding steroid dienone is 2. The van der Waals surface area contributed by atoms with Gasteiger partial charge in [-0.25, -0.2) is 0 Å². The van der Waals surface area contributed by atoms with Gasteiger partial charge in [0, 0.05) is 0 Å². The standard InChI is InChI=1S/2C21H16N.C2H7Si.2ClH.Zr/c2*1-15-10-11-18(21-9-5-6-12-22-21)20-14-17(13-19(15)20)16-7-3-2-4-8-16;1-3-2;;;/h2*2-14H,1H3;3H,1-2H3;2*1H;/q;;;;;+2/p-2. The molecular weight excluding hydrogens is 747 g/mol. The second-order valence-corrected chi connectivity index (χ2v) is 56.6. The molecule has 8 rings (SSSR count). The van der Waals surface area contributed by atoms with Crippen LogP contribution in [0.4, 0.5) is 0 Å². The average Bonchev–Trinajstić information content (AvgIpc) is 3.77. The van der Waals surface area contributed by atoms with Crippen LogP contribution in [0, 0.1) is 13.8 Å². The fourth-order valence-electron chi connectivity index (χ4n) is 8.59. The summed E-state index contributed by atoms with van der Waals surface area (Å²) in [5.74, 6) is -1.86. The van der Waals surface area contributed by atoms with E-state index in [1.807, 2.05) is 24.5 Å². The molecule has 2 nitrogen and oxygen atoms in total. The summed E-state index contributed by atoms with van der Waals surface area (Å²) in [7, 11) is 17.9. The van der Waals surface area contributed by atoms with Crippen molar-refractivity contribution >= 4 is 46.2 Å². The van der Waals surface area contributed by atoms with Gasteiger partial charge >= 0.3 is 307 Å². The molecule has 0 aliphatic heterocycles. The summed E-state index contributed by atoms with van der Waals surface area (Å²) >= 11 is -5.24. The number of rotatable bonds is 7. The SMILES string of the molecule is Cc1ccc(-c2ccccn2)c2c1[CH]([Zr]([Cl])([Cl])([CH]1C(c3ccccc3)=Cc3c(-c4ccccn4)ccc(C)c31)[SiH](C)C)C(c1ccccc1)=C2. The zero-order valence-electron chi connectivity index (χ0n) is 28.7. The Morgan fingerprint density at radius 2 is 0.920 bits per heavy atom. The summed E-state index contributed by atoms with van der Waals surface area (Å²) < 4.78 is -0.234. The summed E-state index contributed by atoms with van der Waals surface area (Å²) in [6, 6.07) is 42.8. The Morgan fingerprint density at radius 3 is 1.28 bits per heavy atom. The van der Waals surface area contributed by atoms with Crippen LogP contribution in [-0.2, 0) is 15.6 Å². The van der Waals surface area contributed by atoms with E-state index >= 15 is 0 Å². The Bertz CT molecular complexity index is 2150. The van der Waals surface area contributed by atoms with Crippen LogP contribution >= 0.6 is 17.0 Å². The number of hydrogen-bond donors (Lipinski definition) is 0. The zero-order chi connectivity index (χ0) is 34.6. The molecule has 0 bridgehead atoms.